The summed E-state index contributed by atoms with van der Waals surface area (Å²) >= 11 is 0. The molecule has 6 heteroatoms. The fourth-order valence-electron chi connectivity index (χ4n) is 2.40. The molecule has 2 aromatic rings. The minimum Gasteiger partial charge on any atom is -0.350 e. The predicted octanol–water partition coefficient (Wildman–Crippen LogP) is 2.14. The normalized spacial score (nSPS) is 15.2. The first-order chi connectivity index (χ1) is 11.1. The largest absolute Gasteiger partial charge is 0.350 e. The number of halogens is 1. The van der Waals surface area contributed by atoms with E-state index >= 15 is 0 Å². The first-order valence-corrected chi connectivity index (χ1v) is 7.67. The van der Waals surface area contributed by atoms with E-state index in [9.17, 15) is 14.0 Å². The van der Waals surface area contributed by atoms with Gasteiger partial charge in [-0.05, 0) is 31.9 Å². The van der Waals surface area contributed by atoms with Crippen LogP contribution in [-0.2, 0) is 11.3 Å². The Morgan fingerprint density at radius 3 is 2.78 bits per heavy atom. The summed E-state index contributed by atoms with van der Waals surface area (Å²) in [7, 11) is 0. The standard InChI is InChI=1S/C17H18FN3O2/c1-11(17(23)19-10-13-4-2-3-5-14(13)18)21-16(22)9-8-15(20-21)12-6-7-12/h2-5,8-9,11-12H,6-7,10H2,1H3,(H,19,23). The number of rotatable bonds is 5. The molecule has 5 nitrogen and oxygen atoms in total. The monoisotopic (exact) mass is 315 g/mol. The van der Waals surface area contributed by atoms with Crippen molar-refractivity contribution < 1.29 is 9.18 Å². The first-order valence-electron chi connectivity index (χ1n) is 7.67. The number of carbonyl (C=O) groups is 1. The maximum Gasteiger partial charge on any atom is 0.267 e. The van der Waals surface area contributed by atoms with Gasteiger partial charge in [-0.25, -0.2) is 9.07 Å². The van der Waals surface area contributed by atoms with Crippen LogP contribution in [0.5, 0.6) is 0 Å². The van der Waals surface area contributed by atoms with Crippen LogP contribution in [0.4, 0.5) is 4.39 Å². The Morgan fingerprint density at radius 2 is 2.09 bits per heavy atom. The summed E-state index contributed by atoms with van der Waals surface area (Å²) in [5, 5.41) is 6.95. The molecule has 0 bridgehead atoms. The maximum atomic E-state index is 13.6. The lowest BCUT2D eigenvalue weighted by Crippen LogP contribution is -2.37. The highest BCUT2D eigenvalue weighted by molar-refractivity contribution is 5.79. The number of amides is 1. The van der Waals surface area contributed by atoms with Crippen LogP contribution in [0.2, 0.25) is 0 Å². The van der Waals surface area contributed by atoms with E-state index in [2.05, 4.69) is 10.4 Å². The average molecular weight is 315 g/mol. The molecule has 1 heterocycles. The van der Waals surface area contributed by atoms with E-state index in [1.165, 1.54) is 16.8 Å². The van der Waals surface area contributed by atoms with Crippen LogP contribution in [0.25, 0.3) is 0 Å². The minimum atomic E-state index is -0.743. The van der Waals surface area contributed by atoms with Crippen molar-refractivity contribution >= 4 is 5.91 Å². The van der Waals surface area contributed by atoms with Crippen molar-refractivity contribution in [1.82, 2.24) is 15.1 Å². The van der Waals surface area contributed by atoms with E-state index in [1.807, 2.05) is 0 Å². The molecule has 1 atom stereocenters. The highest BCUT2D eigenvalue weighted by Crippen LogP contribution is 2.38. The van der Waals surface area contributed by atoms with Gasteiger partial charge in [0.2, 0.25) is 5.91 Å². The van der Waals surface area contributed by atoms with Crippen LogP contribution in [0.15, 0.2) is 41.2 Å². The molecule has 1 unspecified atom stereocenters. The molecule has 1 saturated carbocycles. The number of hydrogen-bond acceptors (Lipinski definition) is 3. The molecule has 1 N–H and O–H groups in total. The molecule has 1 aromatic heterocycles. The molecule has 1 aromatic carbocycles. The Kier molecular flexibility index (Phi) is 4.23. The van der Waals surface area contributed by atoms with Gasteiger partial charge in [0.15, 0.2) is 0 Å². The smallest absolute Gasteiger partial charge is 0.267 e. The van der Waals surface area contributed by atoms with Gasteiger partial charge < -0.3 is 5.32 Å². The second-order valence-electron chi connectivity index (χ2n) is 5.80. The van der Waals surface area contributed by atoms with Crippen LogP contribution < -0.4 is 10.9 Å². The number of benzene rings is 1. The zero-order valence-electron chi connectivity index (χ0n) is 12.8. The third kappa shape index (κ3) is 3.47. The SMILES string of the molecule is CC(C(=O)NCc1ccccc1F)n1nc(C2CC2)ccc1=O. The van der Waals surface area contributed by atoms with Crippen LogP contribution in [0, 0.1) is 5.82 Å². The summed E-state index contributed by atoms with van der Waals surface area (Å²) in [6.45, 7) is 1.69. The van der Waals surface area contributed by atoms with Gasteiger partial charge in [-0.3, -0.25) is 9.59 Å². The molecule has 0 spiro atoms. The quantitative estimate of drug-likeness (QED) is 0.919. The molecule has 0 saturated heterocycles. The number of nitrogens with zero attached hydrogens (tertiary/aromatic N) is 2. The topological polar surface area (TPSA) is 64.0 Å². The summed E-state index contributed by atoms with van der Waals surface area (Å²) in [6, 6.07) is 8.68. The molecule has 1 aliphatic rings. The maximum absolute atomic E-state index is 13.6. The second kappa shape index (κ2) is 6.32. The fraction of sp³-hybridized carbons (Fsp3) is 0.353. The molecule has 23 heavy (non-hydrogen) atoms. The van der Waals surface area contributed by atoms with Crippen molar-refractivity contribution in [2.45, 2.75) is 38.3 Å². The van der Waals surface area contributed by atoms with Crippen molar-refractivity contribution in [3.63, 3.8) is 0 Å². The zero-order valence-corrected chi connectivity index (χ0v) is 12.8. The highest BCUT2D eigenvalue weighted by atomic mass is 19.1. The van der Waals surface area contributed by atoms with Gasteiger partial charge in [-0.1, -0.05) is 18.2 Å². The van der Waals surface area contributed by atoms with Crippen LogP contribution in [-0.4, -0.2) is 15.7 Å². The number of aromatic nitrogens is 2. The number of hydrogen-bond donors (Lipinski definition) is 1. The van der Waals surface area contributed by atoms with E-state index in [4.69, 9.17) is 0 Å². The van der Waals surface area contributed by atoms with E-state index in [1.54, 1.807) is 31.2 Å². The number of carbonyl (C=O) groups excluding carboxylic acids is 1. The molecular formula is C17H18FN3O2. The van der Waals surface area contributed by atoms with E-state index in [0.717, 1.165) is 18.5 Å². The van der Waals surface area contributed by atoms with Crippen molar-refractivity contribution in [1.29, 1.82) is 0 Å². The van der Waals surface area contributed by atoms with E-state index in [-0.39, 0.29) is 23.8 Å². The summed E-state index contributed by atoms with van der Waals surface area (Å²) in [4.78, 5) is 24.2. The summed E-state index contributed by atoms with van der Waals surface area (Å²) < 4.78 is 14.8. The van der Waals surface area contributed by atoms with Gasteiger partial charge in [0.25, 0.3) is 5.56 Å². The molecule has 3 rings (SSSR count). The van der Waals surface area contributed by atoms with Gasteiger partial charge >= 0.3 is 0 Å². The highest BCUT2D eigenvalue weighted by Gasteiger charge is 2.27. The van der Waals surface area contributed by atoms with E-state index in [0.29, 0.717) is 11.5 Å². The Hall–Kier alpha value is -2.50. The minimum absolute atomic E-state index is 0.0763. The van der Waals surface area contributed by atoms with Crippen molar-refractivity contribution in [2.24, 2.45) is 0 Å². The molecule has 1 amide bonds. The lowest BCUT2D eigenvalue weighted by Gasteiger charge is -2.15. The lowest BCUT2D eigenvalue weighted by atomic mass is 10.2. The van der Waals surface area contributed by atoms with Gasteiger partial charge in [0.05, 0.1) is 5.69 Å². The molecule has 1 fully saturated rings. The van der Waals surface area contributed by atoms with Gasteiger partial charge in [0.1, 0.15) is 11.9 Å². The molecular weight excluding hydrogens is 297 g/mol. The zero-order chi connectivity index (χ0) is 16.4. The van der Waals surface area contributed by atoms with E-state index < -0.39 is 6.04 Å². The summed E-state index contributed by atoms with van der Waals surface area (Å²) in [5.74, 6) is -0.335. The third-order valence-electron chi connectivity index (χ3n) is 4.00. The number of nitrogens with one attached hydrogen (secondary N) is 1. The summed E-state index contributed by atoms with van der Waals surface area (Å²) in [5.41, 5.74) is 0.932. The van der Waals surface area contributed by atoms with Crippen LogP contribution in [0.1, 0.15) is 43.0 Å². The average Bonchev–Trinajstić information content (AvgIpc) is 3.38. The van der Waals surface area contributed by atoms with Crippen LogP contribution >= 0.6 is 0 Å². The molecule has 1 aliphatic carbocycles. The Bertz CT molecular complexity index is 783. The van der Waals surface area contributed by atoms with Gasteiger partial charge in [-0.15, -0.1) is 0 Å². The third-order valence-corrected chi connectivity index (χ3v) is 4.00. The van der Waals surface area contributed by atoms with Crippen LogP contribution in [0.3, 0.4) is 0 Å². The lowest BCUT2D eigenvalue weighted by molar-refractivity contribution is -0.124. The fourth-order valence-corrected chi connectivity index (χ4v) is 2.40. The Balaban J connectivity index is 1.71. The van der Waals surface area contributed by atoms with Crippen molar-refractivity contribution in [2.75, 3.05) is 0 Å². The Labute approximate surface area is 133 Å². The molecule has 120 valence electrons. The second-order valence-corrected chi connectivity index (χ2v) is 5.80. The molecule has 0 aliphatic heterocycles. The van der Waals surface area contributed by atoms with Crippen molar-refractivity contribution in [3.8, 4) is 0 Å². The molecule has 0 radical (unpaired) electrons. The first kappa shape index (κ1) is 15.4. The Morgan fingerprint density at radius 1 is 1.35 bits per heavy atom. The van der Waals surface area contributed by atoms with Gasteiger partial charge in [0, 0.05) is 24.1 Å². The summed E-state index contributed by atoms with van der Waals surface area (Å²) in [6.07, 6.45) is 2.14. The van der Waals surface area contributed by atoms with Gasteiger partial charge in [-0.2, -0.15) is 5.10 Å². The predicted molar refractivity (Wildman–Crippen MR) is 83.4 cm³/mol. The van der Waals surface area contributed by atoms with Crippen molar-refractivity contribution in [3.05, 3.63) is 63.8 Å².